The molecule has 1 atom stereocenters. The number of nitrogens with zero attached hydrogens (tertiary/aromatic N) is 2. The third-order valence-electron chi connectivity index (χ3n) is 4.94. The molecule has 0 bridgehead atoms. The van der Waals surface area contributed by atoms with Crippen molar-refractivity contribution in [2.45, 2.75) is 51.0 Å². The lowest BCUT2D eigenvalue weighted by molar-refractivity contribution is -0.140. The summed E-state index contributed by atoms with van der Waals surface area (Å²) >= 11 is 0. The van der Waals surface area contributed by atoms with E-state index < -0.39 is 17.6 Å². The number of hydrogen-bond acceptors (Lipinski definition) is 4. The fourth-order valence-corrected chi connectivity index (χ4v) is 3.52. The van der Waals surface area contributed by atoms with Crippen molar-refractivity contribution >= 4 is 11.9 Å². The topological polar surface area (TPSA) is 83.6 Å². The van der Waals surface area contributed by atoms with E-state index in [1.54, 1.807) is 4.90 Å². The number of carbonyl (C=O) groups is 2. The van der Waals surface area contributed by atoms with Gasteiger partial charge in [-0.2, -0.15) is 0 Å². The number of aliphatic carboxylic acids is 1. The van der Waals surface area contributed by atoms with E-state index in [0.717, 1.165) is 31.4 Å². The van der Waals surface area contributed by atoms with E-state index in [9.17, 15) is 18.4 Å². The van der Waals surface area contributed by atoms with Gasteiger partial charge < -0.3 is 14.4 Å². The highest BCUT2D eigenvalue weighted by atomic mass is 19.1. The number of oxazole rings is 1. The van der Waals surface area contributed by atoms with Crippen molar-refractivity contribution in [3.63, 3.8) is 0 Å². The molecular formula is C20H22F2N2O4. The Morgan fingerprint density at radius 1 is 1.25 bits per heavy atom. The lowest BCUT2D eigenvalue weighted by atomic mass is 9.97. The molecule has 2 heterocycles. The monoisotopic (exact) mass is 392 g/mol. The minimum Gasteiger partial charge on any atom is -0.481 e. The Kier molecular flexibility index (Phi) is 6.38. The standard InChI is InChI=1S/C20H22F2N2O4/c21-13-4-6-15(16(22)11-13)17-12-23-18(28-17)7-8-19(25)24-10-2-1-3-14(24)5-9-20(26)27/h4,6,11-12,14H,1-3,5,7-10H2,(H,26,27)/t14-/m0/s1. The quantitative estimate of drug-likeness (QED) is 0.775. The zero-order valence-electron chi connectivity index (χ0n) is 15.4. The van der Waals surface area contributed by atoms with E-state index in [-0.39, 0.29) is 42.5 Å². The Morgan fingerprint density at radius 2 is 2.07 bits per heavy atom. The number of aryl methyl sites for hydroxylation is 1. The number of benzene rings is 1. The van der Waals surface area contributed by atoms with Crippen LogP contribution >= 0.6 is 0 Å². The van der Waals surface area contributed by atoms with E-state index >= 15 is 0 Å². The van der Waals surface area contributed by atoms with Crippen molar-refractivity contribution < 1.29 is 27.9 Å². The molecular weight excluding hydrogens is 370 g/mol. The van der Waals surface area contributed by atoms with Crippen LogP contribution in [0.25, 0.3) is 11.3 Å². The number of amides is 1. The Bertz CT molecular complexity index is 852. The molecule has 2 aromatic rings. The van der Waals surface area contributed by atoms with Crippen molar-refractivity contribution in [2.24, 2.45) is 0 Å². The van der Waals surface area contributed by atoms with Gasteiger partial charge in [0.1, 0.15) is 11.6 Å². The van der Waals surface area contributed by atoms with Crippen LogP contribution in [0.15, 0.2) is 28.8 Å². The Hall–Kier alpha value is -2.77. The maximum absolute atomic E-state index is 13.8. The van der Waals surface area contributed by atoms with Gasteiger partial charge in [0.15, 0.2) is 11.7 Å². The number of hydrogen-bond donors (Lipinski definition) is 1. The molecule has 1 N–H and O–H groups in total. The lowest BCUT2D eigenvalue weighted by Crippen LogP contribution is -2.44. The summed E-state index contributed by atoms with van der Waals surface area (Å²) in [4.78, 5) is 29.3. The summed E-state index contributed by atoms with van der Waals surface area (Å²) < 4.78 is 32.4. The summed E-state index contributed by atoms with van der Waals surface area (Å²) in [6, 6.07) is 3.14. The first-order valence-electron chi connectivity index (χ1n) is 9.35. The van der Waals surface area contributed by atoms with Crippen LogP contribution in [0.4, 0.5) is 8.78 Å². The molecule has 0 unspecified atom stereocenters. The zero-order chi connectivity index (χ0) is 20.1. The second-order valence-corrected chi connectivity index (χ2v) is 6.91. The number of rotatable bonds is 7. The Labute approximate surface area is 161 Å². The number of halogens is 2. The summed E-state index contributed by atoms with van der Waals surface area (Å²) in [6.45, 7) is 0.626. The van der Waals surface area contributed by atoms with Crippen molar-refractivity contribution in [2.75, 3.05) is 6.54 Å². The highest BCUT2D eigenvalue weighted by molar-refractivity contribution is 5.77. The van der Waals surface area contributed by atoms with Crippen LogP contribution in [0.2, 0.25) is 0 Å². The maximum Gasteiger partial charge on any atom is 0.303 e. The summed E-state index contributed by atoms with van der Waals surface area (Å²) in [6.07, 6.45) is 4.98. The Balaban J connectivity index is 1.59. The average Bonchev–Trinajstić information content (AvgIpc) is 3.13. The first kappa shape index (κ1) is 20.0. The van der Waals surface area contributed by atoms with E-state index in [4.69, 9.17) is 9.52 Å². The highest BCUT2D eigenvalue weighted by Crippen LogP contribution is 2.25. The van der Waals surface area contributed by atoms with Gasteiger partial charge in [0, 0.05) is 37.9 Å². The molecule has 6 nitrogen and oxygen atoms in total. The van der Waals surface area contributed by atoms with Gasteiger partial charge in [0.2, 0.25) is 5.91 Å². The summed E-state index contributed by atoms with van der Waals surface area (Å²) in [5.41, 5.74) is 0.108. The fraction of sp³-hybridized carbons (Fsp3) is 0.450. The molecule has 0 spiro atoms. The third kappa shape index (κ3) is 4.94. The molecule has 1 saturated heterocycles. The van der Waals surface area contributed by atoms with Gasteiger partial charge in [0.05, 0.1) is 11.8 Å². The van der Waals surface area contributed by atoms with Crippen LogP contribution in [0.1, 0.15) is 44.4 Å². The highest BCUT2D eigenvalue weighted by Gasteiger charge is 2.27. The zero-order valence-corrected chi connectivity index (χ0v) is 15.4. The minimum atomic E-state index is -0.863. The summed E-state index contributed by atoms with van der Waals surface area (Å²) in [5.74, 6) is -1.87. The van der Waals surface area contributed by atoms with E-state index in [1.165, 1.54) is 12.3 Å². The molecule has 28 heavy (non-hydrogen) atoms. The van der Waals surface area contributed by atoms with E-state index in [1.807, 2.05) is 0 Å². The predicted octanol–water partition coefficient (Wildman–Crippen LogP) is 3.80. The number of carboxylic acid groups (broad SMARTS) is 1. The normalized spacial score (nSPS) is 16.9. The van der Waals surface area contributed by atoms with Crippen LogP contribution in [0.5, 0.6) is 0 Å². The van der Waals surface area contributed by atoms with Gasteiger partial charge in [-0.05, 0) is 37.8 Å². The number of piperidine rings is 1. The second kappa shape index (κ2) is 8.95. The molecule has 1 amide bonds. The van der Waals surface area contributed by atoms with Gasteiger partial charge in [-0.15, -0.1) is 0 Å². The fourth-order valence-electron chi connectivity index (χ4n) is 3.52. The average molecular weight is 392 g/mol. The summed E-state index contributed by atoms with van der Waals surface area (Å²) in [5, 5.41) is 8.88. The largest absolute Gasteiger partial charge is 0.481 e. The molecule has 1 aromatic heterocycles. The molecule has 1 aliphatic rings. The van der Waals surface area contributed by atoms with Crippen molar-refractivity contribution in [1.29, 1.82) is 0 Å². The molecule has 0 radical (unpaired) electrons. The molecule has 1 fully saturated rings. The smallest absolute Gasteiger partial charge is 0.303 e. The van der Waals surface area contributed by atoms with Gasteiger partial charge >= 0.3 is 5.97 Å². The van der Waals surface area contributed by atoms with Crippen molar-refractivity contribution in [3.8, 4) is 11.3 Å². The molecule has 8 heteroatoms. The summed E-state index contributed by atoms with van der Waals surface area (Å²) in [7, 11) is 0. The maximum atomic E-state index is 13.8. The van der Waals surface area contributed by atoms with Crippen molar-refractivity contribution in [3.05, 3.63) is 41.9 Å². The molecule has 0 saturated carbocycles. The molecule has 0 aliphatic carbocycles. The molecule has 150 valence electrons. The van der Waals surface area contributed by atoms with E-state index in [0.29, 0.717) is 18.9 Å². The molecule has 3 rings (SSSR count). The van der Waals surface area contributed by atoms with Crippen molar-refractivity contribution in [1.82, 2.24) is 9.88 Å². The number of carboxylic acids is 1. The SMILES string of the molecule is O=C(O)CC[C@@H]1CCCCN1C(=O)CCc1ncc(-c2ccc(F)cc2F)o1. The minimum absolute atomic E-state index is 0.0424. The number of aromatic nitrogens is 1. The molecule has 1 aromatic carbocycles. The van der Waals surface area contributed by atoms with Crippen LogP contribution in [-0.4, -0.2) is 39.5 Å². The number of likely N-dealkylation sites (tertiary alicyclic amines) is 1. The predicted molar refractivity (Wildman–Crippen MR) is 96.4 cm³/mol. The number of carbonyl (C=O) groups excluding carboxylic acids is 1. The van der Waals surface area contributed by atoms with E-state index in [2.05, 4.69) is 4.98 Å². The van der Waals surface area contributed by atoms with Crippen LogP contribution in [0.3, 0.4) is 0 Å². The van der Waals surface area contributed by atoms with Gasteiger partial charge in [-0.25, -0.2) is 13.8 Å². The first-order chi connectivity index (χ1) is 13.4. The van der Waals surface area contributed by atoms with Crippen LogP contribution < -0.4 is 0 Å². The van der Waals surface area contributed by atoms with Gasteiger partial charge in [-0.1, -0.05) is 0 Å². The van der Waals surface area contributed by atoms with Crippen LogP contribution in [-0.2, 0) is 16.0 Å². The third-order valence-corrected chi connectivity index (χ3v) is 4.94. The first-order valence-corrected chi connectivity index (χ1v) is 9.35. The van der Waals surface area contributed by atoms with Crippen LogP contribution in [0, 0.1) is 11.6 Å². The Morgan fingerprint density at radius 3 is 2.82 bits per heavy atom. The lowest BCUT2D eigenvalue weighted by Gasteiger charge is -2.35. The molecule has 1 aliphatic heterocycles. The van der Waals surface area contributed by atoms with Gasteiger partial charge in [-0.3, -0.25) is 9.59 Å². The van der Waals surface area contributed by atoms with Gasteiger partial charge in [0.25, 0.3) is 0 Å². The second-order valence-electron chi connectivity index (χ2n) is 6.91.